The summed E-state index contributed by atoms with van der Waals surface area (Å²) >= 11 is 0. The zero-order chi connectivity index (χ0) is 32.9. The highest BCUT2D eigenvalue weighted by Gasteiger charge is 2.52. The molecule has 19 nitrogen and oxygen atoms in total. The Kier molecular flexibility index (Phi) is 13.1. The zero-order valence-electron chi connectivity index (χ0n) is 23.2. The molecule has 0 saturated carbocycles. The first-order chi connectivity index (χ1) is 20.8. The molecule has 0 amide bonds. The minimum Gasteiger partial charge on any atom is -0.507 e. The number of hydrogen-bond donors (Lipinski definition) is 13. The molecule has 0 bridgehead atoms. The molecule has 252 valence electrons. The average molecular weight is 640 g/mol. The van der Waals surface area contributed by atoms with Crippen LogP contribution in [0.1, 0.15) is 10.4 Å². The van der Waals surface area contributed by atoms with Crippen LogP contribution in [0.3, 0.4) is 0 Å². The molecular weight excluding hydrogens is 598 g/mol. The molecule has 0 radical (unpaired) electrons. The van der Waals surface area contributed by atoms with Gasteiger partial charge in [0, 0.05) is 0 Å². The van der Waals surface area contributed by atoms with Gasteiger partial charge < -0.3 is 92.0 Å². The van der Waals surface area contributed by atoms with Gasteiger partial charge in [-0.1, -0.05) is 12.1 Å². The monoisotopic (exact) mass is 639 g/mol. The highest BCUT2D eigenvalue weighted by molar-refractivity contribution is 5.90. The number of para-hydroxylation sites is 1. The van der Waals surface area contributed by atoms with Gasteiger partial charge in [-0.2, -0.15) is 0 Å². The summed E-state index contributed by atoms with van der Waals surface area (Å²) in [7, 11) is 0. The van der Waals surface area contributed by atoms with E-state index in [0.717, 1.165) is 0 Å². The van der Waals surface area contributed by atoms with E-state index in [0.29, 0.717) is 0 Å². The average Bonchev–Trinajstić information content (AvgIpc) is 3.00. The van der Waals surface area contributed by atoms with E-state index in [1.165, 1.54) is 12.1 Å². The fourth-order valence-corrected chi connectivity index (χ4v) is 4.84. The second-order valence-electron chi connectivity index (χ2n) is 10.4. The van der Waals surface area contributed by atoms with Crippen LogP contribution in [0.15, 0.2) is 24.3 Å². The van der Waals surface area contributed by atoms with Crippen molar-refractivity contribution in [1.29, 1.82) is 0 Å². The van der Waals surface area contributed by atoms with Crippen molar-refractivity contribution in [2.45, 2.75) is 91.9 Å². The lowest BCUT2D eigenvalue weighted by atomic mass is 9.94. The molecule has 1 aromatic rings. The normalized spacial score (nSPS) is 42.7. The number of rotatable bonds is 8. The van der Waals surface area contributed by atoms with Gasteiger partial charge in [0.2, 0.25) is 0 Å². The van der Waals surface area contributed by atoms with Crippen molar-refractivity contribution in [1.82, 2.24) is 0 Å². The van der Waals surface area contributed by atoms with Gasteiger partial charge in [0.25, 0.3) is 0 Å². The van der Waals surface area contributed by atoms with Crippen molar-refractivity contribution in [2.24, 2.45) is 17.2 Å². The summed E-state index contributed by atoms with van der Waals surface area (Å²) in [5.41, 5.74) is 17.5. The Hall–Kier alpha value is -2.15. The maximum Gasteiger partial charge on any atom is 0.339 e. The van der Waals surface area contributed by atoms with Gasteiger partial charge in [-0.25, -0.2) is 4.79 Å². The number of aromatic carboxylic acids is 1. The minimum atomic E-state index is -1.56. The summed E-state index contributed by atoms with van der Waals surface area (Å²) in [6.45, 7) is -2.00. The van der Waals surface area contributed by atoms with Crippen LogP contribution < -0.4 is 17.2 Å². The molecule has 3 heterocycles. The SMILES string of the molecule is N[C@H]1[C@H](OC2[C@@H](CO)O[C@@H](OC3[C@@H](CO)O[C@@H](O)[C@H](N)[C@H]3O)[C@H](N)[C@H]2O)O[C@H](CO)[C@@H](O)[C@@H]1O.O=C(O)c1ccccc1O. The molecule has 3 fully saturated rings. The maximum atomic E-state index is 10.8. The van der Waals surface area contributed by atoms with Crippen LogP contribution in [0.5, 0.6) is 5.75 Å². The standard InChI is InChI=1S/C18H35N3O13.C7H6O3/c19-7-12(27)14(5(2-23)30-16(7)29)33-18-9(21)13(28)15(6(3-24)32-18)34-17-8(20)11(26)10(25)4(1-22)31-17;8-6-4-2-1-3-5(6)7(9)10/h4-18,22-29H,1-3,19-21H2;1-4,8H,(H,9,10)/t4-,5-,6-,7-,8-,9-,10-,11-,12-,13-,14?,15?,16-,17+,18+;/m1./s1. The summed E-state index contributed by atoms with van der Waals surface area (Å²) in [5.74, 6) is -1.31. The van der Waals surface area contributed by atoms with E-state index in [1.807, 2.05) is 0 Å². The number of carboxylic acid groups (broad SMARTS) is 1. The second-order valence-corrected chi connectivity index (χ2v) is 10.4. The van der Waals surface area contributed by atoms with E-state index in [4.69, 9.17) is 51.1 Å². The topological polar surface area (TPSA) is 344 Å². The number of phenols is 1. The summed E-state index contributed by atoms with van der Waals surface area (Å²) in [6.07, 6.45) is -16.8. The molecule has 44 heavy (non-hydrogen) atoms. The van der Waals surface area contributed by atoms with Gasteiger partial charge in [0.1, 0.15) is 66.2 Å². The Labute approximate surface area is 250 Å². The third-order valence-corrected chi connectivity index (χ3v) is 7.47. The molecule has 0 aromatic heterocycles. The van der Waals surface area contributed by atoms with Gasteiger partial charge in [-0.15, -0.1) is 0 Å². The van der Waals surface area contributed by atoms with Crippen molar-refractivity contribution in [3.05, 3.63) is 29.8 Å². The quantitative estimate of drug-likeness (QED) is 0.126. The predicted octanol–water partition coefficient (Wildman–Crippen LogP) is -6.58. The van der Waals surface area contributed by atoms with Crippen molar-refractivity contribution in [3.8, 4) is 5.75 Å². The van der Waals surface area contributed by atoms with Crippen molar-refractivity contribution >= 4 is 5.97 Å². The van der Waals surface area contributed by atoms with Crippen molar-refractivity contribution in [2.75, 3.05) is 19.8 Å². The lowest BCUT2D eigenvalue weighted by Gasteiger charge is -2.48. The van der Waals surface area contributed by atoms with Gasteiger partial charge in [-0.05, 0) is 12.1 Å². The molecule has 15 atom stereocenters. The van der Waals surface area contributed by atoms with E-state index < -0.39 is 118 Å². The number of carboxylic acids is 1. The molecular formula is C25H41N3O16. The highest BCUT2D eigenvalue weighted by atomic mass is 16.7. The van der Waals surface area contributed by atoms with Crippen LogP contribution in [0.4, 0.5) is 0 Å². The third-order valence-electron chi connectivity index (χ3n) is 7.47. The molecule has 0 aliphatic carbocycles. The number of hydrogen-bond acceptors (Lipinski definition) is 18. The molecule has 3 aliphatic rings. The van der Waals surface area contributed by atoms with Gasteiger partial charge in [-0.3, -0.25) is 0 Å². The summed E-state index contributed by atoms with van der Waals surface area (Å²) in [5, 5.41) is 96.9. The Balaban J connectivity index is 0.000000448. The van der Waals surface area contributed by atoms with E-state index >= 15 is 0 Å². The first-order valence-electron chi connectivity index (χ1n) is 13.6. The Morgan fingerprint density at radius 2 is 1.14 bits per heavy atom. The number of ether oxygens (including phenoxy) is 5. The summed E-state index contributed by atoms with van der Waals surface area (Å²) in [4.78, 5) is 10.3. The Morgan fingerprint density at radius 1 is 0.682 bits per heavy atom. The van der Waals surface area contributed by atoms with Gasteiger partial charge in [0.15, 0.2) is 18.9 Å². The minimum absolute atomic E-state index is 0.0671. The zero-order valence-corrected chi connectivity index (χ0v) is 23.2. The Morgan fingerprint density at radius 3 is 1.61 bits per heavy atom. The lowest BCUT2D eigenvalue weighted by molar-refractivity contribution is -0.348. The molecule has 4 rings (SSSR count). The number of aliphatic hydroxyl groups is 8. The van der Waals surface area contributed by atoms with Gasteiger partial charge >= 0.3 is 5.97 Å². The molecule has 2 unspecified atom stereocenters. The van der Waals surface area contributed by atoms with E-state index in [-0.39, 0.29) is 11.3 Å². The van der Waals surface area contributed by atoms with Crippen LogP contribution in [0, 0.1) is 0 Å². The van der Waals surface area contributed by atoms with Gasteiger partial charge in [0.05, 0.1) is 37.9 Å². The number of aromatic hydroxyl groups is 1. The molecule has 3 aliphatic heterocycles. The van der Waals surface area contributed by atoms with Crippen LogP contribution in [-0.2, 0) is 23.7 Å². The largest absolute Gasteiger partial charge is 0.507 e. The highest BCUT2D eigenvalue weighted by Crippen LogP contribution is 2.31. The second kappa shape index (κ2) is 15.9. The van der Waals surface area contributed by atoms with Crippen molar-refractivity contribution < 1.29 is 79.5 Å². The van der Waals surface area contributed by atoms with E-state index in [9.17, 15) is 45.6 Å². The molecule has 19 heteroatoms. The van der Waals surface area contributed by atoms with Crippen LogP contribution in [0.25, 0.3) is 0 Å². The number of benzene rings is 1. The van der Waals surface area contributed by atoms with Crippen LogP contribution in [0.2, 0.25) is 0 Å². The van der Waals surface area contributed by atoms with E-state index in [2.05, 4.69) is 0 Å². The first-order valence-corrected chi connectivity index (χ1v) is 13.6. The smallest absolute Gasteiger partial charge is 0.339 e. The maximum absolute atomic E-state index is 10.8. The van der Waals surface area contributed by atoms with Crippen LogP contribution >= 0.6 is 0 Å². The number of carbonyl (C=O) groups is 1. The number of aliphatic hydroxyl groups excluding tert-OH is 8. The summed E-state index contributed by atoms with van der Waals surface area (Å²) < 4.78 is 27.4. The Bertz CT molecular complexity index is 1050. The fourth-order valence-electron chi connectivity index (χ4n) is 4.84. The number of nitrogens with two attached hydrogens (primary N) is 3. The van der Waals surface area contributed by atoms with Crippen LogP contribution in [-0.4, -0.2) is 169 Å². The first kappa shape index (κ1) is 36.3. The predicted molar refractivity (Wildman–Crippen MR) is 142 cm³/mol. The third kappa shape index (κ3) is 7.97. The molecule has 3 saturated heterocycles. The van der Waals surface area contributed by atoms with E-state index in [1.54, 1.807) is 12.1 Å². The molecule has 1 aromatic carbocycles. The molecule has 16 N–H and O–H groups in total. The fraction of sp³-hybridized carbons (Fsp3) is 0.720. The summed E-state index contributed by atoms with van der Waals surface area (Å²) in [6, 6.07) is 1.94. The molecule has 0 spiro atoms. The lowest BCUT2D eigenvalue weighted by Crippen LogP contribution is -2.69. The van der Waals surface area contributed by atoms with Crippen molar-refractivity contribution in [3.63, 3.8) is 0 Å².